The molecular formula is C26H37N5O2. The first kappa shape index (κ1) is 24.9. The third-order valence-corrected chi connectivity index (χ3v) is 6.06. The lowest BCUT2D eigenvalue weighted by Gasteiger charge is -2.32. The van der Waals surface area contributed by atoms with Gasteiger partial charge < -0.3 is 15.1 Å². The molecule has 2 aliphatic heterocycles. The highest BCUT2D eigenvalue weighted by Crippen LogP contribution is 2.40. The molecule has 3 heterocycles. The van der Waals surface area contributed by atoms with Gasteiger partial charge >= 0.3 is 0 Å². The van der Waals surface area contributed by atoms with Crippen molar-refractivity contribution in [3.05, 3.63) is 59.4 Å². The van der Waals surface area contributed by atoms with Crippen molar-refractivity contribution >= 4 is 18.0 Å². The number of piperazine rings is 1. The largest absolute Gasteiger partial charge is 0.351 e. The monoisotopic (exact) mass is 451 g/mol. The smallest absolute Gasteiger partial charge is 0.241 e. The molecule has 0 unspecified atom stereocenters. The maximum Gasteiger partial charge on any atom is 0.241 e. The van der Waals surface area contributed by atoms with E-state index in [4.69, 9.17) is 4.98 Å². The summed E-state index contributed by atoms with van der Waals surface area (Å²) in [6.07, 6.45) is 3.51. The Morgan fingerprint density at radius 1 is 1.27 bits per heavy atom. The number of rotatable bonds is 5. The molecule has 2 aliphatic rings. The van der Waals surface area contributed by atoms with Crippen molar-refractivity contribution in [3.8, 4) is 0 Å². The quantitative estimate of drug-likeness (QED) is 0.707. The maximum atomic E-state index is 13.2. The first-order valence-corrected chi connectivity index (χ1v) is 11.6. The van der Waals surface area contributed by atoms with Crippen LogP contribution in [0.4, 0.5) is 5.69 Å². The highest BCUT2D eigenvalue weighted by atomic mass is 16.2. The molecule has 2 aromatic rings. The number of aromatic nitrogens is 1. The molecule has 1 N–H and O–H groups in total. The summed E-state index contributed by atoms with van der Waals surface area (Å²) in [6.45, 7) is 10.6. The molecule has 4 rings (SSSR count). The Hall–Kier alpha value is -2.77. The van der Waals surface area contributed by atoms with E-state index in [0.29, 0.717) is 12.6 Å². The molecule has 0 radical (unpaired) electrons. The summed E-state index contributed by atoms with van der Waals surface area (Å²) in [5, 5.41) is 3.44. The van der Waals surface area contributed by atoms with Crippen LogP contribution >= 0.6 is 0 Å². The van der Waals surface area contributed by atoms with Gasteiger partial charge in [-0.05, 0) is 18.6 Å². The second-order valence-electron chi connectivity index (χ2n) is 9.88. The van der Waals surface area contributed by atoms with Crippen LogP contribution in [0.15, 0.2) is 42.6 Å². The molecule has 1 saturated heterocycles. The van der Waals surface area contributed by atoms with Gasteiger partial charge in [0.25, 0.3) is 0 Å². The Morgan fingerprint density at radius 2 is 1.97 bits per heavy atom. The van der Waals surface area contributed by atoms with E-state index in [1.807, 2.05) is 17.2 Å². The topological polar surface area (TPSA) is 68.8 Å². The molecule has 0 saturated carbocycles. The van der Waals surface area contributed by atoms with Crippen molar-refractivity contribution in [2.24, 2.45) is 0 Å². The molecule has 33 heavy (non-hydrogen) atoms. The van der Waals surface area contributed by atoms with Gasteiger partial charge in [-0.15, -0.1) is 0 Å². The minimum Gasteiger partial charge on any atom is -0.351 e. The standard InChI is InChI=1S/C23H30N4O.C3H7NO/c1-17-14-26(10-9-24-17)15-22(28)27-16-23(2,3)20-13-25-19(12-21(20)27)11-18-7-5-4-6-8-18;1-4(2)3-5/h4-8,12-13,17,24H,9-11,14-16H2,1-3H3;3H,1-2H3/t17-;/m1./s1. The number of hydrogen-bond acceptors (Lipinski definition) is 5. The number of amides is 2. The van der Waals surface area contributed by atoms with Gasteiger partial charge in [0.1, 0.15) is 0 Å². The predicted molar refractivity (Wildman–Crippen MR) is 133 cm³/mol. The van der Waals surface area contributed by atoms with Gasteiger partial charge in [0, 0.05) is 75.6 Å². The Morgan fingerprint density at radius 3 is 2.61 bits per heavy atom. The van der Waals surface area contributed by atoms with Crippen LogP contribution in [0.25, 0.3) is 0 Å². The number of carbonyl (C=O) groups excluding carboxylic acids is 2. The Labute approximate surface area is 197 Å². The van der Waals surface area contributed by atoms with Crippen LogP contribution in [0.5, 0.6) is 0 Å². The second-order valence-corrected chi connectivity index (χ2v) is 9.88. The SMILES string of the molecule is CN(C)C=O.C[C@@H]1CN(CC(=O)N2CC(C)(C)c3cnc(Cc4ccccc4)cc32)CCN1. The molecule has 1 fully saturated rings. The van der Waals surface area contributed by atoms with Crippen molar-refractivity contribution < 1.29 is 9.59 Å². The Bertz CT molecular complexity index is 945. The van der Waals surface area contributed by atoms with Crippen molar-refractivity contribution in [3.63, 3.8) is 0 Å². The molecule has 178 valence electrons. The minimum atomic E-state index is -0.0694. The van der Waals surface area contributed by atoms with E-state index >= 15 is 0 Å². The second kappa shape index (κ2) is 10.9. The number of anilines is 1. The normalized spacial score (nSPS) is 19.3. The summed E-state index contributed by atoms with van der Waals surface area (Å²) in [4.78, 5) is 33.0. The maximum absolute atomic E-state index is 13.2. The summed E-state index contributed by atoms with van der Waals surface area (Å²) >= 11 is 0. The molecule has 7 heteroatoms. The molecule has 0 bridgehead atoms. The van der Waals surface area contributed by atoms with Crippen LogP contribution < -0.4 is 10.2 Å². The number of benzene rings is 1. The van der Waals surface area contributed by atoms with Gasteiger partial charge in [-0.25, -0.2) is 0 Å². The van der Waals surface area contributed by atoms with Gasteiger partial charge in [0.15, 0.2) is 0 Å². The number of nitrogens with one attached hydrogen (secondary N) is 1. The molecule has 1 atom stereocenters. The molecule has 0 spiro atoms. The van der Waals surface area contributed by atoms with E-state index in [2.05, 4.69) is 61.3 Å². The third-order valence-electron chi connectivity index (χ3n) is 6.06. The Balaban J connectivity index is 0.000000555. The predicted octanol–water partition coefficient (Wildman–Crippen LogP) is 2.29. The van der Waals surface area contributed by atoms with Crippen LogP contribution in [-0.2, 0) is 21.4 Å². The highest BCUT2D eigenvalue weighted by Gasteiger charge is 2.39. The molecule has 0 aliphatic carbocycles. The van der Waals surface area contributed by atoms with Gasteiger partial charge in [0.2, 0.25) is 12.3 Å². The number of nitrogens with zero attached hydrogens (tertiary/aromatic N) is 4. The van der Waals surface area contributed by atoms with Crippen molar-refractivity contribution in [2.45, 2.75) is 38.6 Å². The van der Waals surface area contributed by atoms with E-state index < -0.39 is 0 Å². The van der Waals surface area contributed by atoms with Gasteiger partial charge in [-0.3, -0.25) is 19.5 Å². The number of carbonyl (C=O) groups is 2. The van der Waals surface area contributed by atoms with Crippen molar-refractivity contribution in [1.82, 2.24) is 20.1 Å². The van der Waals surface area contributed by atoms with Crippen LogP contribution in [-0.4, -0.2) is 80.0 Å². The molecule has 2 amide bonds. The summed E-state index contributed by atoms with van der Waals surface area (Å²) in [6, 6.07) is 12.9. The van der Waals surface area contributed by atoms with Gasteiger partial charge in [0.05, 0.1) is 12.2 Å². The van der Waals surface area contributed by atoms with Crippen molar-refractivity contribution in [1.29, 1.82) is 0 Å². The summed E-state index contributed by atoms with van der Waals surface area (Å²) < 4.78 is 0. The van der Waals surface area contributed by atoms with Crippen LogP contribution in [0.2, 0.25) is 0 Å². The third kappa shape index (κ3) is 6.62. The first-order chi connectivity index (χ1) is 15.7. The zero-order valence-electron chi connectivity index (χ0n) is 20.5. The fourth-order valence-electron chi connectivity index (χ4n) is 4.35. The average molecular weight is 452 g/mol. The van der Waals surface area contributed by atoms with E-state index in [9.17, 15) is 9.59 Å². The molecule has 7 nitrogen and oxygen atoms in total. The number of pyridine rings is 1. The van der Waals surface area contributed by atoms with Crippen molar-refractivity contribution in [2.75, 3.05) is 51.7 Å². The van der Waals surface area contributed by atoms with E-state index in [1.165, 1.54) is 16.0 Å². The zero-order valence-corrected chi connectivity index (χ0v) is 20.5. The number of hydrogen-bond donors (Lipinski definition) is 1. The van der Waals surface area contributed by atoms with Crippen LogP contribution in [0.3, 0.4) is 0 Å². The van der Waals surface area contributed by atoms with E-state index in [0.717, 1.165) is 50.4 Å². The molecular weight excluding hydrogens is 414 g/mol. The molecule has 1 aromatic carbocycles. The Kier molecular flexibility index (Phi) is 8.21. The lowest BCUT2D eigenvalue weighted by Crippen LogP contribution is -2.52. The van der Waals surface area contributed by atoms with E-state index in [-0.39, 0.29) is 11.3 Å². The molecule has 1 aromatic heterocycles. The number of fused-ring (bicyclic) bond motifs is 1. The van der Waals surface area contributed by atoms with Gasteiger partial charge in [-0.1, -0.05) is 44.2 Å². The fraction of sp³-hybridized carbons (Fsp3) is 0.500. The van der Waals surface area contributed by atoms with Crippen LogP contribution in [0.1, 0.15) is 37.6 Å². The summed E-state index contributed by atoms with van der Waals surface area (Å²) in [5.74, 6) is 0.192. The fourth-order valence-corrected chi connectivity index (χ4v) is 4.35. The lowest BCUT2D eigenvalue weighted by molar-refractivity contribution is -0.120. The minimum absolute atomic E-state index is 0.0694. The van der Waals surface area contributed by atoms with E-state index in [1.54, 1.807) is 14.1 Å². The van der Waals surface area contributed by atoms with Gasteiger partial charge in [-0.2, -0.15) is 0 Å². The van der Waals surface area contributed by atoms with Crippen LogP contribution in [0, 0.1) is 0 Å². The summed E-state index contributed by atoms with van der Waals surface area (Å²) in [5.41, 5.74) is 4.39. The first-order valence-electron chi connectivity index (χ1n) is 11.6. The average Bonchev–Trinajstić information content (AvgIpc) is 3.05. The zero-order chi connectivity index (χ0) is 24.0. The lowest BCUT2D eigenvalue weighted by atomic mass is 9.88. The summed E-state index contributed by atoms with van der Waals surface area (Å²) in [7, 11) is 3.38. The highest BCUT2D eigenvalue weighted by molar-refractivity contribution is 5.97.